The molecule has 0 radical (unpaired) electrons. The van der Waals surface area contributed by atoms with Crippen LogP contribution in [0.2, 0.25) is 0 Å². The van der Waals surface area contributed by atoms with Gasteiger partial charge in [0.25, 0.3) is 0 Å². The molecule has 0 spiro atoms. The monoisotopic (exact) mass is 359 g/mol. The second-order valence-electron chi connectivity index (χ2n) is 5.95. The summed E-state index contributed by atoms with van der Waals surface area (Å²) in [7, 11) is 3.45. The van der Waals surface area contributed by atoms with E-state index in [1.165, 1.54) is 9.78 Å². The van der Waals surface area contributed by atoms with Gasteiger partial charge < -0.3 is 15.5 Å². The van der Waals surface area contributed by atoms with Crippen LogP contribution in [0.1, 0.15) is 28.4 Å². The lowest BCUT2D eigenvalue weighted by atomic mass is 10.1. The van der Waals surface area contributed by atoms with Crippen LogP contribution >= 0.6 is 11.3 Å². The first-order valence-electron chi connectivity index (χ1n) is 8.17. The molecule has 2 aromatic rings. The van der Waals surface area contributed by atoms with E-state index in [-0.39, 0.29) is 18.5 Å². The topological polar surface area (TPSA) is 69.6 Å². The maximum atomic E-state index is 11.8. The summed E-state index contributed by atoms with van der Waals surface area (Å²) in [5.41, 5.74) is 1.15. The molecule has 0 bridgehead atoms. The van der Waals surface area contributed by atoms with Crippen LogP contribution in [0, 0.1) is 6.92 Å². The number of hydrogen-bond acceptors (Lipinski definition) is 4. The Bertz CT molecular complexity index is 711. The Labute approximate surface area is 153 Å². The van der Waals surface area contributed by atoms with Crippen LogP contribution in [0.3, 0.4) is 0 Å². The van der Waals surface area contributed by atoms with Gasteiger partial charge in [-0.25, -0.2) is 9.98 Å². The molecule has 0 aliphatic rings. The number of guanidine groups is 1. The third-order valence-corrected chi connectivity index (χ3v) is 4.51. The van der Waals surface area contributed by atoms with Gasteiger partial charge in [0.2, 0.25) is 5.91 Å². The number of benzene rings is 1. The fraction of sp³-hybridized carbons (Fsp3) is 0.389. The molecule has 1 aromatic heterocycles. The van der Waals surface area contributed by atoms with Crippen LogP contribution in [-0.4, -0.2) is 42.4 Å². The molecule has 1 aromatic carbocycles. The van der Waals surface area contributed by atoms with Crippen LogP contribution in [0.25, 0.3) is 0 Å². The maximum Gasteiger partial charge on any atom is 0.243 e. The minimum atomic E-state index is -0.0430. The summed E-state index contributed by atoms with van der Waals surface area (Å²) in [6.45, 7) is 4.76. The summed E-state index contributed by atoms with van der Waals surface area (Å²) in [6.07, 6.45) is 1.86. The number of rotatable bonds is 6. The van der Waals surface area contributed by atoms with Crippen LogP contribution in [0.15, 0.2) is 41.5 Å². The normalized spacial score (nSPS) is 12.6. The van der Waals surface area contributed by atoms with E-state index in [0.717, 1.165) is 10.6 Å². The van der Waals surface area contributed by atoms with E-state index in [1.54, 1.807) is 25.4 Å². The first-order valence-corrected chi connectivity index (χ1v) is 8.98. The molecule has 0 fully saturated rings. The number of nitrogens with one attached hydrogen (secondary N) is 2. The van der Waals surface area contributed by atoms with E-state index in [2.05, 4.69) is 39.7 Å². The molecule has 2 N–H and O–H groups in total. The third kappa shape index (κ3) is 6.19. The summed E-state index contributed by atoms with van der Waals surface area (Å²) >= 11 is 1.64. The largest absolute Gasteiger partial charge is 0.350 e. The SMILES string of the molecule is Cc1cnc(CNC(=NCC(=O)N(C)C)NC(C)c2ccccc2)s1. The Morgan fingerprint density at radius 1 is 1.32 bits per heavy atom. The van der Waals surface area contributed by atoms with Crippen molar-refractivity contribution in [2.75, 3.05) is 20.6 Å². The summed E-state index contributed by atoms with van der Waals surface area (Å²) in [5.74, 6) is 0.554. The van der Waals surface area contributed by atoms with Crippen molar-refractivity contribution in [3.05, 3.63) is 52.0 Å². The van der Waals surface area contributed by atoms with Crippen LogP contribution in [0.4, 0.5) is 0 Å². The fourth-order valence-electron chi connectivity index (χ4n) is 2.11. The number of likely N-dealkylation sites (N-methyl/N-ethyl adjacent to an activating group) is 1. The van der Waals surface area contributed by atoms with E-state index < -0.39 is 0 Å². The van der Waals surface area contributed by atoms with E-state index in [4.69, 9.17) is 0 Å². The highest BCUT2D eigenvalue weighted by Crippen LogP contribution is 2.12. The number of aliphatic imine (C=N–C) groups is 1. The minimum absolute atomic E-state index is 0.0430. The zero-order valence-electron chi connectivity index (χ0n) is 15.1. The highest BCUT2D eigenvalue weighted by molar-refractivity contribution is 7.11. The lowest BCUT2D eigenvalue weighted by molar-refractivity contribution is -0.127. The van der Waals surface area contributed by atoms with Gasteiger partial charge >= 0.3 is 0 Å². The van der Waals surface area contributed by atoms with Gasteiger partial charge in [0, 0.05) is 25.2 Å². The van der Waals surface area contributed by atoms with Gasteiger partial charge in [-0.05, 0) is 19.4 Å². The number of aryl methyl sites for hydroxylation is 1. The van der Waals surface area contributed by atoms with Crippen LogP contribution < -0.4 is 10.6 Å². The van der Waals surface area contributed by atoms with Crippen molar-refractivity contribution in [2.24, 2.45) is 4.99 Å². The Morgan fingerprint density at radius 3 is 2.64 bits per heavy atom. The summed E-state index contributed by atoms with van der Waals surface area (Å²) in [5, 5.41) is 7.59. The van der Waals surface area contributed by atoms with Crippen LogP contribution in [0.5, 0.6) is 0 Å². The predicted octanol–water partition coefficient (Wildman–Crippen LogP) is 2.34. The number of carbonyl (C=O) groups excluding carboxylic acids is 1. The highest BCUT2D eigenvalue weighted by atomic mass is 32.1. The molecule has 0 saturated heterocycles. The highest BCUT2D eigenvalue weighted by Gasteiger charge is 2.10. The number of thiazole rings is 1. The molecule has 1 amide bonds. The van der Waals surface area contributed by atoms with Gasteiger partial charge in [0.05, 0.1) is 12.6 Å². The van der Waals surface area contributed by atoms with Crippen molar-refractivity contribution in [3.8, 4) is 0 Å². The maximum absolute atomic E-state index is 11.8. The Hall–Kier alpha value is -2.41. The van der Waals surface area contributed by atoms with Gasteiger partial charge in [-0.1, -0.05) is 30.3 Å². The number of aromatic nitrogens is 1. The molecule has 1 atom stereocenters. The molecule has 134 valence electrons. The minimum Gasteiger partial charge on any atom is -0.350 e. The summed E-state index contributed by atoms with van der Waals surface area (Å²) in [6, 6.07) is 10.2. The third-order valence-electron chi connectivity index (χ3n) is 3.60. The lowest BCUT2D eigenvalue weighted by Gasteiger charge is -2.18. The average molecular weight is 359 g/mol. The quantitative estimate of drug-likeness (QED) is 0.613. The number of amides is 1. The molecule has 25 heavy (non-hydrogen) atoms. The Morgan fingerprint density at radius 2 is 2.04 bits per heavy atom. The number of hydrogen-bond donors (Lipinski definition) is 2. The molecule has 2 rings (SSSR count). The first kappa shape index (κ1) is 18.9. The second kappa shape index (κ2) is 9.17. The predicted molar refractivity (Wildman–Crippen MR) is 103 cm³/mol. The zero-order valence-corrected chi connectivity index (χ0v) is 15.9. The van der Waals surface area contributed by atoms with Gasteiger partial charge in [0.15, 0.2) is 5.96 Å². The van der Waals surface area contributed by atoms with E-state index in [9.17, 15) is 4.79 Å². The Balaban J connectivity index is 2.04. The standard InChI is InChI=1S/C18H25N5OS/c1-13-10-19-16(25-13)11-20-18(21-12-17(24)23(3)4)22-14(2)15-8-6-5-7-9-15/h5-10,14H,11-12H2,1-4H3,(H2,20,21,22). The van der Waals surface area contributed by atoms with E-state index >= 15 is 0 Å². The van der Waals surface area contributed by atoms with E-state index in [1.807, 2.05) is 31.3 Å². The van der Waals surface area contributed by atoms with Crippen LogP contribution in [-0.2, 0) is 11.3 Å². The smallest absolute Gasteiger partial charge is 0.243 e. The molecule has 0 aliphatic heterocycles. The summed E-state index contributed by atoms with van der Waals surface area (Å²) < 4.78 is 0. The van der Waals surface area contributed by atoms with Crippen molar-refractivity contribution < 1.29 is 4.79 Å². The van der Waals surface area contributed by atoms with Crippen molar-refractivity contribution in [3.63, 3.8) is 0 Å². The molecular weight excluding hydrogens is 334 g/mol. The first-order chi connectivity index (χ1) is 12.0. The van der Waals surface area contributed by atoms with E-state index in [0.29, 0.717) is 12.5 Å². The number of nitrogens with zero attached hydrogens (tertiary/aromatic N) is 3. The number of carbonyl (C=O) groups is 1. The van der Waals surface area contributed by atoms with Crippen molar-refractivity contribution >= 4 is 23.2 Å². The fourth-order valence-corrected chi connectivity index (χ4v) is 2.84. The van der Waals surface area contributed by atoms with Gasteiger partial charge in [-0.3, -0.25) is 4.79 Å². The van der Waals surface area contributed by atoms with Crippen molar-refractivity contribution in [1.29, 1.82) is 0 Å². The average Bonchev–Trinajstić information content (AvgIpc) is 3.02. The van der Waals surface area contributed by atoms with Crippen molar-refractivity contribution in [1.82, 2.24) is 20.5 Å². The lowest BCUT2D eigenvalue weighted by Crippen LogP contribution is -2.39. The molecule has 0 aliphatic carbocycles. The van der Waals surface area contributed by atoms with Gasteiger partial charge in [-0.15, -0.1) is 11.3 Å². The molecule has 1 unspecified atom stereocenters. The molecule has 6 nitrogen and oxygen atoms in total. The molecule has 0 saturated carbocycles. The van der Waals surface area contributed by atoms with Gasteiger partial charge in [0.1, 0.15) is 11.6 Å². The summed E-state index contributed by atoms with van der Waals surface area (Å²) in [4.78, 5) is 23.3. The Kier molecular flexibility index (Phi) is 6.94. The molecular formula is C18H25N5OS. The molecule has 1 heterocycles. The van der Waals surface area contributed by atoms with Crippen molar-refractivity contribution in [2.45, 2.75) is 26.4 Å². The zero-order chi connectivity index (χ0) is 18.2. The second-order valence-corrected chi connectivity index (χ2v) is 7.27. The van der Waals surface area contributed by atoms with Gasteiger partial charge in [-0.2, -0.15) is 0 Å². The molecule has 7 heteroatoms.